The van der Waals surface area contributed by atoms with E-state index in [0.29, 0.717) is 18.7 Å². The number of carbonyl (C=O) groups excluding carboxylic acids is 1. The monoisotopic (exact) mass is 458 g/mol. The molecule has 2 aliphatic rings. The highest BCUT2D eigenvalue weighted by atomic mass is 19.4. The number of carbonyl (C=O) groups is 2. The minimum absolute atomic E-state index is 0.0126. The summed E-state index contributed by atoms with van der Waals surface area (Å²) >= 11 is 0. The van der Waals surface area contributed by atoms with Gasteiger partial charge in [0.15, 0.2) is 0 Å². The fraction of sp³-hybridized carbons (Fsp3) is 0.550. The molecule has 12 heteroatoms. The third-order valence-electron chi connectivity index (χ3n) is 5.25. The standard InChI is InChI=1S/C18H24N4O3.C2HF3O2/c23-18(14-5-7-19-12-14)22-13-16(17-15(22)4-1-10-25-17)24-11-3-9-21-8-2-6-20-21;3-2(4,5)1(6)7/h2,5-8,12,15-17,19H,1,3-4,9-11,13H2;(H,6,7)/t15-,16+,17+;/m1./s1. The summed E-state index contributed by atoms with van der Waals surface area (Å²) in [6.07, 6.45) is 4.97. The Hall–Kier alpha value is -2.86. The van der Waals surface area contributed by atoms with Crippen LogP contribution in [0, 0.1) is 0 Å². The Morgan fingerprint density at radius 1 is 1.38 bits per heavy atom. The normalized spacial score (nSPS) is 22.7. The van der Waals surface area contributed by atoms with Crippen molar-refractivity contribution in [2.45, 2.75) is 50.2 Å². The minimum atomic E-state index is -5.08. The molecule has 0 saturated carbocycles. The van der Waals surface area contributed by atoms with Crippen LogP contribution in [0.3, 0.4) is 0 Å². The summed E-state index contributed by atoms with van der Waals surface area (Å²) in [5.41, 5.74) is 0.698. The molecule has 1 amide bonds. The number of alkyl halides is 3. The first kappa shape index (κ1) is 23.8. The van der Waals surface area contributed by atoms with Crippen molar-refractivity contribution in [1.82, 2.24) is 19.7 Å². The summed E-state index contributed by atoms with van der Waals surface area (Å²) < 4.78 is 45.7. The van der Waals surface area contributed by atoms with E-state index >= 15 is 0 Å². The van der Waals surface area contributed by atoms with Gasteiger partial charge < -0.3 is 24.5 Å². The number of aromatic nitrogens is 3. The number of halogens is 3. The number of ether oxygens (including phenoxy) is 2. The molecule has 2 fully saturated rings. The number of rotatable bonds is 6. The zero-order chi connectivity index (χ0) is 23.1. The summed E-state index contributed by atoms with van der Waals surface area (Å²) in [4.78, 5) is 26.6. The number of nitrogens with one attached hydrogen (secondary N) is 1. The molecule has 176 valence electrons. The first-order valence-corrected chi connectivity index (χ1v) is 10.2. The van der Waals surface area contributed by atoms with Crippen LogP contribution in [-0.2, 0) is 20.8 Å². The van der Waals surface area contributed by atoms with E-state index in [1.54, 1.807) is 18.6 Å². The zero-order valence-electron chi connectivity index (χ0n) is 17.2. The topological polar surface area (TPSA) is 110 Å². The van der Waals surface area contributed by atoms with Crippen LogP contribution in [0.1, 0.15) is 29.6 Å². The molecule has 2 saturated heterocycles. The average Bonchev–Trinajstić information content (AvgIpc) is 3.52. The molecule has 0 aromatic carbocycles. The zero-order valence-corrected chi connectivity index (χ0v) is 17.2. The highest BCUT2D eigenvalue weighted by molar-refractivity contribution is 5.94. The second kappa shape index (κ2) is 10.6. The van der Waals surface area contributed by atoms with Crippen molar-refractivity contribution in [1.29, 1.82) is 0 Å². The Kier molecular flexibility index (Phi) is 7.91. The molecule has 9 nitrogen and oxygen atoms in total. The Morgan fingerprint density at radius 2 is 2.16 bits per heavy atom. The maximum absolute atomic E-state index is 12.8. The van der Waals surface area contributed by atoms with Crippen LogP contribution in [0.2, 0.25) is 0 Å². The molecule has 32 heavy (non-hydrogen) atoms. The van der Waals surface area contributed by atoms with Gasteiger partial charge in [0.25, 0.3) is 5.91 Å². The lowest BCUT2D eigenvalue weighted by Crippen LogP contribution is -2.43. The number of hydrogen-bond donors (Lipinski definition) is 2. The molecule has 0 unspecified atom stereocenters. The summed E-state index contributed by atoms with van der Waals surface area (Å²) in [5, 5.41) is 11.3. The van der Waals surface area contributed by atoms with Crippen molar-refractivity contribution in [3.63, 3.8) is 0 Å². The number of amides is 1. The predicted molar refractivity (Wildman–Crippen MR) is 105 cm³/mol. The first-order chi connectivity index (χ1) is 15.3. The Labute approximate surface area is 182 Å². The van der Waals surface area contributed by atoms with Crippen LogP contribution in [0.15, 0.2) is 36.9 Å². The van der Waals surface area contributed by atoms with Crippen LogP contribution >= 0.6 is 0 Å². The average molecular weight is 458 g/mol. The van der Waals surface area contributed by atoms with E-state index in [4.69, 9.17) is 19.4 Å². The van der Waals surface area contributed by atoms with Gasteiger partial charge in [-0.3, -0.25) is 9.48 Å². The predicted octanol–water partition coefficient (Wildman–Crippen LogP) is 2.32. The maximum Gasteiger partial charge on any atom is 0.490 e. The lowest BCUT2D eigenvalue weighted by molar-refractivity contribution is -0.192. The van der Waals surface area contributed by atoms with Gasteiger partial charge in [0.05, 0.1) is 18.2 Å². The molecule has 3 atom stereocenters. The first-order valence-electron chi connectivity index (χ1n) is 10.2. The molecular formula is C20H25F3N4O5. The molecule has 2 aromatic heterocycles. The molecule has 0 bridgehead atoms. The van der Waals surface area contributed by atoms with Crippen molar-refractivity contribution >= 4 is 11.9 Å². The van der Waals surface area contributed by atoms with E-state index in [2.05, 4.69) is 10.1 Å². The number of H-pyrrole nitrogens is 1. The smallest absolute Gasteiger partial charge is 0.475 e. The van der Waals surface area contributed by atoms with E-state index in [1.807, 2.05) is 27.9 Å². The number of aromatic amines is 1. The van der Waals surface area contributed by atoms with Gasteiger partial charge in [-0.1, -0.05) is 0 Å². The van der Waals surface area contributed by atoms with Crippen molar-refractivity contribution in [2.24, 2.45) is 0 Å². The van der Waals surface area contributed by atoms with Gasteiger partial charge in [0.1, 0.15) is 12.2 Å². The molecule has 2 aromatic rings. The quantitative estimate of drug-likeness (QED) is 0.643. The fourth-order valence-corrected chi connectivity index (χ4v) is 3.81. The van der Waals surface area contributed by atoms with E-state index in [-0.39, 0.29) is 24.2 Å². The van der Waals surface area contributed by atoms with E-state index in [0.717, 1.165) is 32.4 Å². The summed E-state index contributed by atoms with van der Waals surface area (Å²) in [7, 11) is 0. The third-order valence-corrected chi connectivity index (χ3v) is 5.25. The highest BCUT2D eigenvalue weighted by Gasteiger charge is 2.46. The number of carboxylic acid groups (broad SMARTS) is 1. The Morgan fingerprint density at radius 3 is 2.78 bits per heavy atom. The van der Waals surface area contributed by atoms with Gasteiger partial charge in [-0.05, 0) is 31.4 Å². The van der Waals surface area contributed by atoms with Crippen molar-refractivity contribution in [3.8, 4) is 0 Å². The molecule has 4 rings (SSSR count). The lowest BCUT2D eigenvalue weighted by atomic mass is 10.0. The van der Waals surface area contributed by atoms with Crippen LogP contribution in [0.4, 0.5) is 13.2 Å². The van der Waals surface area contributed by atoms with Gasteiger partial charge in [-0.2, -0.15) is 18.3 Å². The molecular weight excluding hydrogens is 433 g/mol. The lowest BCUT2D eigenvalue weighted by Gasteiger charge is -2.32. The number of nitrogens with zero attached hydrogens (tertiary/aromatic N) is 3. The number of hydrogen-bond acceptors (Lipinski definition) is 5. The molecule has 4 heterocycles. The van der Waals surface area contributed by atoms with Gasteiger partial charge in [0.2, 0.25) is 0 Å². The number of fused-ring (bicyclic) bond motifs is 1. The van der Waals surface area contributed by atoms with Crippen LogP contribution < -0.4 is 0 Å². The number of aryl methyl sites for hydroxylation is 1. The van der Waals surface area contributed by atoms with E-state index < -0.39 is 12.1 Å². The van der Waals surface area contributed by atoms with Crippen LogP contribution in [0.25, 0.3) is 0 Å². The van der Waals surface area contributed by atoms with Gasteiger partial charge in [-0.25, -0.2) is 4.79 Å². The van der Waals surface area contributed by atoms with Gasteiger partial charge in [0, 0.05) is 44.5 Å². The van der Waals surface area contributed by atoms with Gasteiger partial charge >= 0.3 is 12.1 Å². The van der Waals surface area contributed by atoms with Crippen LogP contribution in [-0.4, -0.2) is 80.8 Å². The Bertz CT molecular complexity index is 857. The second-order valence-electron chi connectivity index (χ2n) is 7.44. The molecule has 0 radical (unpaired) electrons. The van der Waals surface area contributed by atoms with Crippen molar-refractivity contribution < 1.29 is 37.3 Å². The number of aliphatic carboxylic acids is 1. The largest absolute Gasteiger partial charge is 0.490 e. The van der Waals surface area contributed by atoms with Crippen LogP contribution in [0.5, 0.6) is 0 Å². The number of likely N-dealkylation sites (tertiary alicyclic amines) is 1. The minimum Gasteiger partial charge on any atom is -0.475 e. The van der Waals surface area contributed by atoms with E-state index in [9.17, 15) is 18.0 Å². The molecule has 2 aliphatic heterocycles. The Balaban J connectivity index is 0.000000360. The number of carboxylic acids is 1. The third kappa shape index (κ3) is 6.10. The molecule has 2 N–H and O–H groups in total. The van der Waals surface area contributed by atoms with Crippen molar-refractivity contribution in [3.05, 3.63) is 42.5 Å². The highest BCUT2D eigenvalue weighted by Crippen LogP contribution is 2.31. The summed E-state index contributed by atoms with van der Waals surface area (Å²) in [5.74, 6) is -2.70. The SMILES string of the molecule is O=C(O)C(F)(F)F.O=C(c1cc[nH]c1)N1C[C@H](OCCCn2cccn2)[C@H]2OCCC[C@H]21. The van der Waals surface area contributed by atoms with E-state index in [1.165, 1.54) is 0 Å². The summed E-state index contributed by atoms with van der Waals surface area (Å²) in [6, 6.07) is 3.86. The fourth-order valence-electron chi connectivity index (χ4n) is 3.81. The maximum atomic E-state index is 12.8. The van der Waals surface area contributed by atoms with Crippen molar-refractivity contribution in [2.75, 3.05) is 19.8 Å². The second-order valence-corrected chi connectivity index (χ2v) is 7.44. The molecule has 0 aliphatic carbocycles. The van der Waals surface area contributed by atoms with Gasteiger partial charge in [-0.15, -0.1) is 0 Å². The molecule has 0 spiro atoms. The summed E-state index contributed by atoms with van der Waals surface area (Å²) in [6.45, 7) is 2.82.